The van der Waals surface area contributed by atoms with Crippen molar-refractivity contribution in [3.05, 3.63) is 17.8 Å². The first kappa shape index (κ1) is 13.1. The monoisotopic (exact) mass is 265 g/mol. The molecule has 0 aliphatic carbocycles. The van der Waals surface area contributed by atoms with Crippen molar-refractivity contribution >= 4 is 23.3 Å². The molecule has 8 nitrogen and oxygen atoms in total. The number of nitrogens with zero attached hydrogens (tertiary/aromatic N) is 2. The number of pyridine rings is 1. The maximum atomic E-state index is 11.4. The summed E-state index contributed by atoms with van der Waals surface area (Å²) < 4.78 is 5.21. The standard InChI is InChI=1S/C11H15N5O3/c12-6-1-2-7(9(13)17)15-11(6)16-3-4-19-5-8(16)10(14)18/h1-2,8H,3-5,12H2,(H2,13,17)(H2,14,18). The van der Waals surface area contributed by atoms with E-state index in [-0.39, 0.29) is 12.3 Å². The number of carbonyl (C=O) groups excluding carboxylic acids is 2. The van der Waals surface area contributed by atoms with Crippen LogP contribution in [0.2, 0.25) is 0 Å². The van der Waals surface area contributed by atoms with E-state index in [0.717, 1.165) is 0 Å². The van der Waals surface area contributed by atoms with Crippen molar-refractivity contribution in [2.75, 3.05) is 30.4 Å². The molecule has 0 bridgehead atoms. The number of nitrogens with two attached hydrogens (primary N) is 3. The first-order valence-corrected chi connectivity index (χ1v) is 5.70. The summed E-state index contributed by atoms with van der Waals surface area (Å²) >= 11 is 0. The van der Waals surface area contributed by atoms with Crippen molar-refractivity contribution in [3.8, 4) is 0 Å². The summed E-state index contributed by atoms with van der Waals surface area (Å²) in [4.78, 5) is 28.3. The average Bonchev–Trinajstić information content (AvgIpc) is 2.39. The highest BCUT2D eigenvalue weighted by Gasteiger charge is 2.30. The van der Waals surface area contributed by atoms with Crippen LogP contribution in [0.4, 0.5) is 11.5 Å². The molecule has 0 radical (unpaired) electrons. The topological polar surface area (TPSA) is 138 Å². The minimum absolute atomic E-state index is 0.0823. The fourth-order valence-electron chi connectivity index (χ4n) is 1.92. The first-order valence-electron chi connectivity index (χ1n) is 5.70. The molecule has 1 atom stereocenters. The van der Waals surface area contributed by atoms with Crippen molar-refractivity contribution in [2.24, 2.45) is 11.5 Å². The van der Waals surface area contributed by atoms with E-state index in [0.29, 0.717) is 24.7 Å². The lowest BCUT2D eigenvalue weighted by Gasteiger charge is -2.35. The highest BCUT2D eigenvalue weighted by Crippen LogP contribution is 2.24. The van der Waals surface area contributed by atoms with Gasteiger partial charge in [-0.1, -0.05) is 0 Å². The second-order valence-electron chi connectivity index (χ2n) is 4.16. The van der Waals surface area contributed by atoms with Crippen LogP contribution < -0.4 is 22.1 Å². The fourth-order valence-corrected chi connectivity index (χ4v) is 1.92. The molecule has 0 saturated carbocycles. The van der Waals surface area contributed by atoms with Crippen LogP contribution in [0.15, 0.2) is 12.1 Å². The second-order valence-corrected chi connectivity index (χ2v) is 4.16. The highest BCUT2D eigenvalue weighted by molar-refractivity contribution is 5.92. The number of nitrogen functional groups attached to an aromatic ring is 1. The van der Waals surface area contributed by atoms with Gasteiger partial charge in [-0.15, -0.1) is 0 Å². The van der Waals surface area contributed by atoms with Gasteiger partial charge in [-0.3, -0.25) is 9.59 Å². The summed E-state index contributed by atoms with van der Waals surface area (Å²) in [6, 6.07) is 2.29. The van der Waals surface area contributed by atoms with Crippen LogP contribution in [0.5, 0.6) is 0 Å². The molecule has 1 aromatic heterocycles. The van der Waals surface area contributed by atoms with E-state index in [4.69, 9.17) is 21.9 Å². The van der Waals surface area contributed by atoms with Gasteiger partial charge in [-0.2, -0.15) is 0 Å². The van der Waals surface area contributed by atoms with Crippen molar-refractivity contribution in [1.82, 2.24) is 4.98 Å². The molecule has 1 unspecified atom stereocenters. The third-order valence-electron chi connectivity index (χ3n) is 2.89. The van der Waals surface area contributed by atoms with E-state index in [1.807, 2.05) is 0 Å². The van der Waals surface area contributed by atoms with Gasteiger partial charge in [0.2, 0.25) is 5.91 Å². The fraction of sp³-hybridized carbons (Fsp3) is 0.364. The summed E-state index contributed by atoms with van der Waals surface area (Å²) in [5, 5.41) is 0. The van der Waals surface area contributed by atoms with Crippen LogP contribution in [-0.4, -0.2) is 42.6 Å². The number of anilines is 2. The molecule has 1 saturated heterocycles. The SMILES string of the molecule is NC(=O)c1ccc(N)c(N2CCOCC2C(N)=O)n1. The number of ether oxygens (including phenoxy) is 1. The average molecular weight is 265 g/mol. The van der Waals surface area contributed by atoms with Crippen LogP contribution in [0, 0.1) is 0 Å². The maximum Gasteiger partial charge on any atom is 0.267 e. The Bertz CT molecular complexity index is 519. The van der Waals surface area contributed by atoms with Gasteiger partial charge in [0.1, 0.15) is 11.7 Å². The third-order valence-corrected chi connectivity index (χ3v) is 2.89. The lowest BCUT2D eigenvalue weighted by Crippen LogP contribution is -2.53. The third kappa shape index (κ3) is 2.58. The molecule has 1 aromatic rings. The van der Waals surface area contributed by atoms with Gasteiger partial charge >= 0.3 is 0 Å². The second kappa shape index (κ2) is 5.11. The first-order chi connectivity index (χ1) is 9.00. The van der Waals surface area contributed by atoms with Crippen molar-refractivity contribution < 1.29 is 14.3 Å². The van der Waals surface area contributed by atoms with Crippen LogP contribution in [-0.2, 0) is 9.53 Å². The van der Waals surface area contributed by atoms with Gasteiger partial charge in [-0.25, -0.2) is 4.98 Å². The lowest BCUT2D eigenvalue weighted by molar-refractivity contribution is -0.121. The summed E-state index contributed by atoms with van der Waals surface area (Å²) in [5.41, 5.74) is 16.8. The zero-order valence-corrected chi connectivity index (χ0v) is 10.2. The van der Waals surface area contributed by atoms with Crippen LogP contribution in [0.3, 0.4) is 0 Å². The van der Waals surface area contributed by atoms with Gasteiger partial charge in [0.15, 0.2) is 5.82 Å². The zero-order valence-electron chi connectivity index (χ0n) is 10.2. The molecule has 8 heteroatoms. The summed E-state index contributed by atoms with van der Waals surface area (Å²) in [6.45, 7) is 0.996. The zero-order chi connectivity index (χ0) is 14.0. The molecule has 1 aliphatic heterocycles. The molecular weight excluding hydrogens is 250 g/mol. The number of hydrogen-bond donors (Lipinski definition) is 3. The molecule has 6 N–H and O–H groups in total. The molecule has 1 aliphatic rings. The summed E-state index contributed by atoms with van der Waals surface area (Å²) in [5.74, 6) is -0.876. The lowest BCUT2D eigenvalue weighted by atomic mass is 10.2. The number of carbonyl (C=O) groups is 2. The molecule has 102 valence electrons. The number of amides is 2. The number of morpholine rings is 1. The molecular formula is C11H15N5O3. The van der Waals surface area contributed by atoms with Gasteiger partial charge < -0.3 is 26.8 Å². The largest absolute Gasteiger partial charge is 0.396 e. The number of aromatic nitrogens is 1. The Hall–Kier alpha value is -2.35. The van der Waals surface area contributed by atoms with Gasteiger partial charge in [0.05, 0.1) is 18.9 Å². The van der Waals surface area contributed by atoms with Gasteiger partial charge in [-0.05, 0) is 12.1 Å². The molecule has 0 aromatic carbocycles. The Morgan fingerprint density at radius 1 is 1.37 bits per heavy atom. The Balaban J connectivity index is 2.40. The predicted octanol–water partition coefficient (Wildman–Crippen LogP) is -1.55. The molecule has 2 heterocycles. The normalized spacial score (nSPS) is 19.2. The minimum atomic E-state index is -0.662. The van der Waals surface area contributed by atoms with Gasteiger partial charge in [0, 0.05) is 6.54 Å². The number of hydrogen-bond acceptors (Lipinski definition) is 6. The van der Waals surface area contributed by atoms with Crippen molar-refractivity contribution in [2.45, 2.75) is 6.04 Å². The number of primary amides is 2. The smallest absolute Gasteiger partial charge is 0.267 e. The van der Waals surface area contributed by atoms with Crippen molar-refractivity contribution in [3.63, 3.8) is 0 Å². The minimum Gasteiger partial charge on any atom is -0.396 e. The molecule has 2 rings (SSSR count). The molecule has 19 heavy (non-hydrogen) atoms. The maximum absolute atomic E-state index is 11.4. The van der Waals surface area contributed by atoms with E-state index >= 15 is 0 Å². The quantitative estimate of drug-likeness (QED) is 0.605. The number of rotatable bonds is 3. The van der Waals surface area contributed by atoms with E-state index in [9.17, 15) is 9.59 Å². The Morgan fingerprint density at radius 3 is 2.74 bits per heavy atom. The van der Waals surface area contributed by atoms with E-state index in [1.54, 1.807) is 4.90 Å². The van der Waals surface area contributed by atoms with Crippen LogP contribution in [0.25, 0.3) is 0 Å². The van der Waals surface area contributed by atoms with Crippen molar-refractivity contribution in [1.29, 1.82) is 0 Å². The van der Waals surface area contributed by atoms with Crippen LogP contribution in [0.1, 0.15) is 10.5 Å². The van der Waals surface area contributed by atoms with Crippen LogP contribution >= 0.6 is 0 Å². The van der Waals surface area contributed by atoms with E-state index < -0.39 is 17.9 Å². The van der Waals surface area contributed by atoms with E-state index in [2.05, 4.69) is 4.98 Å². The molecule has 0 spiro atoms. The Morgan fingerprint density at radius 2 is 2.11 bits per heavy atom. The summed E-state index contributed by atoms with van der Waals surface area (Å²) in [6.07, 6.45) is 0. The summed E-state index contributed by atoms with van der Waals surface area (Å²) in [7, 11) is 0. The van der Waals surface area contributed by atoms with Gasteiger partial charge in [0.25, 0.3) is 5.91 Å². The Kier molecular flexibility index (Phi) is 3.52. The molecule has 1 fully saturated rings. The predicted molar refractivity (Wildman–Crippen MR) is 68.3 cm³/mol. The molecule has 2 amide bonds. The highest BCUT2D eigenvalue weighted by atomic mass is 16.5. The van der Waals surface area contributed by atoms with E-state index in [1.165, 1.54) is 12.1 Å². The Labute approximate surface area is 109 Å².